The van der Waals surface area contributed by atoms with E-state index in [1.54, 1.807) is 18.6 Å². The van der Waals surface area contributed by atoms with Crippen LogP contribution in [0.2, 0.25) is 0 Å². The van der Waals surface area contributed by atoms with Crippen LogP contribution in [-0.4, -0.2) is 32.2 Å². The summed E-state index contributed by atoms with van der Waals surface area (Å²) < 4.78 is 38.8. The minimum Gasteiger partial charge on any atom is -0.372 e. The fourth-order valence-corrected chi connectivity index (χ4v) is 2.48. The number of hydrogen-bond acceptors (Lipinski definition) is 6. The fourth-order valence-electron chi connectivity index (χ4n) is 2.48. The van der Waals surface area contributed by atoms with Gasteiger partial charge in [0.1, 0.15) is 11.4 Å². The number of alkyl halides is 3. The van der Waals surface area contributed by atoms with Crippen molar-refractivity contribution in [2.45, 2.75) is 19.0 Å². The summed E-state index contributed by atoms with van der Waals surface area (Å²) in [6.07, 6.45) is 1.21. The average molecular weight is 363 g/mol. The molecule has 7 nitrogen and oxygen atoms in total. The third kappa shape index (κ3) is 3.58. The number of anilines is 3. The quantitative estimate of drug-likeness (QED) is 0.642. The van der Waals surface area contributed by atoms with Gasteiger partial charge in [-0.2, -0.15) is 23.3 Å². The molecule has 26 heavy (non-hydrogen) atoms. The number of H-pyrrole nitrogens is 1. The second-order valence-electron chi connectivity index (χ2n) is 5.52. The van der Waals surface area contributed by atoms with Gasteiger partial charge in [-0.05, 0) is 11.6 Å². The highest BCUT2D eigenvalue weighted by atomic mass is 19.4. The molecule has 0 radical (unpaired) electrons. The van der Waals surface area contributed by atoms with Crippen LogP contribution in [0, 0.1) is 0 Å². The van der Waals surface area contributed by atoms with E-state index in [-0.39, 0.29) is 17.7 Å². The minimum atomic E-state index is -4.54. The molecular formula is C16H16F3N7. The van der Waals surface area contributed by atoms with Gasteiger partial charge in [0.15, 0.2) is 0 Å². The molecule has 1 atom stereocenters. The number of rotatable bonds is 5. The molecule has 3 heterocycles. The van der Waals surface area contributed by atoms with Crippen LogP contribution in [0.25, 0.3) is 0 Å². The zero-order valence-corrected chi connectivity index (χ0v) is 14.0. The van der Waals surface area contributed by atoms with E-state index in [0.717, 1.165) is 11.8 Å². The summed E-state index contributed by atoms with van der Waals surface area (Å²) in [5, 5.41) is 12.3. The number of aromatic nitrogens is 5. The van der Waals surface area contributed by atoms with Crippen molar-refractivity contribution in [3.05, 3.63) is 53.7 Å². The summed E-state index contributed by atoms with van der Waals surface area (Å²) in [6, 6.07) is 3.74. The zero-order chi connectivity index (χ0) is 18.7. The largest absolute Gasteiger partial charge is 0.421 e. The van der Waals surface area contributed by atoms with E-state index in [0.29, 0.717) is 11.4 Å². The van der Waals surface area contributed by atoms with Crippen molar-refractivity contribution >= 4 is 17.5 Å². The Bertz CT molecular complexity index is 877. The summed E-state index contributed by atoms with van der Waals surface area (Å²) in [5.41, 5.74) is 1.27. The molecule has 0 fully saturated rings. The SMILES string of the molecule is CNc1nc(Nc2c[nH]nc2C(C)c2cccnc2)ncc1C(F)(F)F. The second kappa shape index (κ2) is 6.98. The number of nitrogens with zero attached hydrogens (tertiary/aromatic N) is 4. The van der Waals surface area contributed by atoms with Crippen LogP contribution in [0.5, 0.6) is 0 Å². The van der Waals surface area contributed by atoms with Crippen molar-refractivity contribution < 1.29 is 13.2 Å². The van der Waals surface area contributed by atoms with E-state index >= 15 is 0 Å². The Balaban J connectivity index is 1.88. The van der Waals surface area contributed by atoms with Gasteiger partial charge in [-0.3, -0.25) is 10.1 Å². The molecule has 136 valence electrons. The van der Waals surface area contributed by atoms with Gasteiger partial charge in [0, 0.05) is 37.8 Å². The van der Waals surface area contributed by atoms with Crippen LogP contribution in [-0.2, 0) is 6.18 Å². The smallest absolute Gasteiger partial charge is 0.372 e. The lowest BCUT2D eigenvalue weighted by Gasteiger charge is -2.14. The van der Waals surface area contributed by atoms with Gasteiger partial charge >= 0.3 is 6.18 Å². The van der Waals surface area contributed by atoms with E-state index in [9.17, 15) is 13.2 Å². The van der Waals surface area contributed by atoms with Crippen LogP contribution in [0.15, 0.2) is 36.9 Å². The predicted molar refractivity (Wildman–Crippen MR) is 90.2 cm³/mol. The first-order valence-corrected chi connectivity index (χ1v) is 7.72. The molecule has 0 spiro atoms. The maximum absolute atomic E-state index is 12.9. The molecule has 0 aliphatic carbocycles. The Morgan fingerprint density at radius 3 is 2.69 bits per heavy atom. The third-order valence-electron chi connectivity index (χ3n) is 3.84. The second-order valence-corrected chi connectivity index (χ2v) is 5.52. The summed E-state index contributed by atoms with van der Waals surface area (Å²) in [4.78, 5) is 11.8. The highest BCUT2D eigenvalue weighted by Gasteiger charge is 2.35. The van der Waals surface area contributed by atoms with Crippen LogP contribution in [0.1, 0.15) is 29.7 Å². The number of nitrogens with one attached hydrogen (secondary N) is 3. The van der Waals surface area contributed by atoms with Gasteiger partial charge in [-0.15, -0.1) is 0 Å². The van der Waals surface area contributed by atoms with Gasteiger partial charge in [-0.25, -0.2) is 4.98 Å². The summed E-state index contributed by atoms with van der Waals surface area (Å²) >= 11 is 0. The maximum atomic E-state index is 12.9. The lowest BCUT2D eigenvalue weighted by Crippen LogP contribution is -2.12. The fraction of sp³-hybridized carbons (Fsp3) is 0.250. The van der Waals surface area contributed by atoms with Gasteiger partial charge in [0.25, 0.3) is 0 Å². The van der Waals surface area contributed by atoms with Crippen molar-refractivity contribution in [2.75, 3.05) is 17.7 Å². The maximum Gasteiger partial charge on any atom is 0.421 e. The summed E-state index contributed by atoms with van der Waals surface area (Å²) in [6.45, 7) is 1.95. The molecule has 10 heteroatoms. The molecule has 0 aromatic carbocycles. The Morgan fingerprint density at radius 2 is 2.04 bits per heavy atom. The Kier molecular flexibility index (Phi) is 4.74. The van der Waals surface area contributed by atoms with Crippen molar-refractivity contribution in [2.24, 2.45) is 0 Å². The van der Waals surface area contributed by atoms with E-state index < -0.39 is 11.7 Å². The van der Waals surface area contributed by atoms with Crippen molar-refractivity contribution in [3.63, 3.8) is 0 Å². The molecule has 0 saturated heterocycles. The summed E-state index contributed by atoms with van der Waals surface area (Å²) in [5.74, 6) is -0.362. The number of halogens is 3. The van der Waals surface area contributed by atoms with Crippen molar-refractivity contribution in [1.29, 1.82) is 0 Å². The molecular weight excluding hydrogens is 347 g/mol. The molecule has 1 unspecified atom stereocenters. The summed E-state index contributed by atoms with van der Waals surface area (Å²) in [7, 11) is 1.37. The van der Waals surface area contributed by atoms with E-state index in [2.05, 4.69) is 35.8 Å². The zero-order valence-electron chi connectivity index (χ0n) is 14.0. The highest BCUT2D eigenvalue weighted by molar-refractivity contribution is 5.59. The highest BCUT2D eigenvalue weighted by Crippen LogP contribution is 2.34. The molecule has 0 aliphatic heterocycles. The molecule has 3 N–H and O–H groups in total. The van der Waals surface area contributed by atoms with Gasteiger partial charge in [0.2, 0.25) is 5.95 Å². The van der Waals surface area contributed by atoms with Crippen LogP contribution < -0.4 is 10.6 Å². The minimum absolute atomic E-state index is 0.0309. The third-order valence-corrected chi connectivity index (χ3v) is 3.84. The topological polar surface area (TPSA) is 91.4 Å². The monoisotopic (exact) mass is 363 g/mol. The van der Waals surface area contributed by atoms with Gasteiger partial charge < -0.3 is 10.6 Å². The Morgan fingerprint density at radius 1 is 1.23 bits per heavy atom. The van der Waals surface area contributed by atoms with Gasteiger partial charge in [0.05, 0.1) is 11.4 Å². The normalized spacial score (nSPS) is 12.7. The molecule has 3 rings (SSSR count). The molecule has 0 aliphatic rings. The first kappa shape index (κ1) is 17.6. The van der Waals surface area contributed by atoms with E-state index in [1.165, 1.54) is 7.05 Å². The van der Waals surface area contributed by atoms with Crippen LogP contribution in [0.3, 0.4) is 0 Å². The first-order valence-electron chi connectivity index (χ1n) is 7.72. The van der Waals surface area contributed by atoms with E-state index in [4.69, 9.17) is 0 Å². The molecule has 0 bridgehead atoms. The number of aromatic amines is 1. The van der Waals surface area contributed by atoms with E-state index in [1.807, 2.05) is 19.1 Å². The van der Waals surface area contributed by atoms with Crippen molar-refractivity contribution in [3.8, 4) is 0 Å². The van der Waals surface area contributed by atoms with Crippen molar-refractivity contribution in [1.82, 2.24) is 25.1 Å². The van der Waals surface area contributed by atoms with Gasteiger partial charge in [-0.1, -0.05) is 13.0 Å². The molecule has 3 aromatic heterocycles. The lowest BCUT2D eigenvalue weighted by molar-refractivity contribution is -0.137. The number of pyridine rings is 1. The first-order chi connectivity index (χ1) is 12.4. The molecule has 3 aromatic rings. The van der Waals surface area contributed by atoms with Crippen LogP contribution >= 0.6 is 0 Å². The predicted octanol–water partition coefficient (Wildman–Crippen LogP) is 3.55. The lowest BCUT2D eigenvalue weighted by atomic mass is 9.99. The Hall–Kier alpha value is -3.17. The van der Waals surface area contributed by atoms with Crippen LogP contribution in [0.4, 0.5) is 30.6 Å². The average Bonchev–Trinajstić information content (AvgIpc) is 3.08. The number of hydrogen-bond donors (Lipinski definition) is 3. The molecule has 0 saturated carbocycles. The standard InChI is InChI=1S/C16H16F3N7/c1-9(10-4-3-5-21-6-10)13-12(8-23-26-13)24-15-22-7-11(16(17,18)19)14(20-2)25-15/h3-9H,1-2H3,(H,23,26)(H2,20,22,24,25). The Labute approximate surface area is 147 Å². The molecule has 0 amide bonds.